The van der Waals surface area contributed by atoms with E-state index in [2.05, 4.69) is 6.92 Å². The normalized spacial score (nSPS) is 11.9. The van der Waals surface area contributed by atoms with Crippen LogP contribution in [0.25, 0.3) is 0 Å². The fourth-order valence-corrected chi connectivity index (χ4v) is 11.5. The number of rotatable bonds is 136. The predicted octanol–water partition coefficient (Wildman–Crippen LogP) is 6.90. The average Bonchev–Trinajstić information content (AvgIpc) is 1.10. The summed E-state index contributed by atoms with van der Waals surface area (Å²) in [4.78, 5) is 0. The van der Waals surface area contributed by atoms with Gasteiger partial charge in [0.15, 0.2) is 0 Å². The minimum absolute atomic E-state index is 0.0149. The highest BCUT2D eigenvalue weighted by Gasteiger charge is 2.07. The van der Waals surface area contributed by atoms with Crippen molar-refractivity contribution < 1.29 is 195 Å². The van der Waals surface area contributed by atoms with E-state index in [-0.39, 0.29) is 6.61 Å². The summed E-state index contributed by atoms with van der Waals surface area (Å²) in [5.74, 6) is 0. The van der Waals surface area contributed by atoms with Gasteiger partial charge in [-0.3, -0.25) is 0 Å². The fourth-order valence-electron chi connectivity index (χ4n) is 11.5. The molecular weight excluding hydrogens is 1830 g/mol. The largest absolute Gasteiger partial charge is 0.394 e. The van der Waals surface area contributed by atoms with Gasteiger partial charge >= 0.3 is 0 Å². The van der Waals surface area contributed by atoms with Gasteiger partial charge in [0, 0.05) is 6.61 Å². The maximum Gasteiger partial charge on any atom is 0.0701 e. The smallest absolute Gasteiger partial charge is 0.0701 e. The number of hydrogen-bond donors (Lipinski definition) is 1. The minimum atomic E-state index is 0.0149. The minimum Gasteiger partial charge on any atom is -0.394 e. The zero-order valence-corrected chi connectivity index (χ0v) is 86.4. The number of aliphatic hydroxyl groups is 1. The lowest BCUT2D eigenvalue weighted by molar-refractivity contribution is -0.0328. The van der Waals surface area contributed by atoms with E-state index in [1.165, 1.54) is 96.3 Å². The van der Waals surface area contributed by atoms with Crippen molar-refractivity contribution in [1.29, 1.82) is 0 Å². The summed E-state index contributed by atoms with van der Waals surface area (Å²) in [5.41, 5.74) is 0. The Hall–Kier alpha value is -1.64. The second-order valence-electron chi connectivity index (χ2n) is 30.5. The fraction of sp³-hybridized carbons (Fsp3) is 1.00. The van der Waals surface area contributed by atoms with Crippen molar-refractivity contribution in [2.75, 3.05) is 535 Å². The van der Waals surface area contributed by atoms with Gasteiger partial charge in [-0.05, 0) is 6.42 Å². The Morgan fingerprint density at radius 1 is 0.0791 bits per heavy atom. The van der Waals surface area contributed by atoms with Crippen LogP contribution in [0.5, 0.6) is 0 Å². The summed E-state index contributed by atoms with van der Waals surface area (Å²) in [5, 5.41) is 8.63. The molecule has 41 heteroatoms. The van der Waals surface area contributed by atoms with Crippen molar-refractivity contribution in [3.8, 4) is 0 Å². The molecule has 0 amide bonds. The van der Waals surface area contributed by atoms with Gasteiger partial charge in [-0.2, -0.15) is 0 Å². The van der Waals surface area contributed by atoms with Crippen LogP contribution >= 0.6 is 0 Å². The standard InChI is InChI=1S/C98H198O41/c1-2-3-4-5-6-7-8-9-10-11-12-13-14-15-16-17-19-100-21-23-102-25-27-104-29-31-106-33-35-108-37-39-110-41-43-112-45-47-114-49-51-116-53-55-118-57-59-120-61-63-122-65-67-124-69-71-126-73-75-128-77-79-130-81-83-132-85-87-134-89-91-136-93-95-138-97-98-139-96-94-137-92-90-135-88-86-133-84-82-131-80-78-129-76-74-127-72-70-125-68-66-123-64-62-121-60-58-119-56-54-117-52-50-115-48-46-113-44-42-111-40-38-109-36-34-107-32-30-105-28-26-103-24-22-101-20-18-99/h99H,2-98H2,1H3. The Labute approximate surface area is 835 Å². The van der Waals surface area contributed by atoms with E-state index in [1.54, 1.807) is 0 Å². The summed E-state index contributed by atoms with van der Waals surface area (Å²) in [6.07, 6.45) is 22.0. The van der Waals surface area contributed by atoms with Gasteiger partial charge < -0.3 is 195 Å². The third-order valence-electron chi connectivity index (χ3n) is 18.9. The quantitative estimate of drug-likeness (QED) is 0.0604. The summed E-state index contributed by atoms with van der Waals surface area (Å²) in [6.45, 7) is 41.5. The molecule has 41 nitrogen and oxygen atoms in total. The number of ether oxygens (including phenoxy) is 40. The third-order valence-corrected chi connectivity index (χ3v) is 18.9. The van der Waals surface area contributed by atoms with Crippen LogP contribution in [-0.4, -0.2) is 540 Å². The van der Waals surface area contributed by atoms with Crippen LogP contribution in [0.3, 0.4) is 0 Å². The molecule has 836 valence electrons. The van der Waals surface area contributed by atoms with Gasteiger partial charge in [0.2, 0.25) is 0 Å². The lowest BCUT2D eigenvalue weighted by atomic mass is 10.0. The molecule has 0 aromatic heterocycles. The molecule has 0 aliphatic heterocycles. The molecule has 1 N–H and O–H groups in total. The van der Waals surface area contributed by atoms with E-state index in [4.69, 9.17) is 195 Å². The Morgan fingerprint density at radius 2 is 0.144 bits per heavy atom. The van der Waals surface area contributed by atoms with Gasteiger partial charge in [-0.25, -0.2) is 0 Å². The summed E-state index contributed by atoms with van der Waals surface area (Å²) >= 11 is 0. The third kappa shape index (κ3) is 136. The van der Waals surface area contributed by atoms with E-state index in [9.17, 15) is 0 Å². The predicted molar refractivity (Wildman–Crippen MR) is 519 cm³/mol. The molecule has 0 aliphatic rings. The Kier molecular flexibility index (Phi) is 135. The molecule has 0 aromatic carbocycles. The van der Waals surface area contributed by atoms with Crippen LogP contribution in [0.2, 0.25) is 0 Å². The van der Waals surface area contributed by atoms with Crippen LogP contribution in [0.15, 0.2) is 0 Å². The lowest BCUT2D eigenvalue weighted by Crippen LogP contribution is -2.16. The number of hydrogen-bond acceptors (Lipinski definition) is 41. The molecule has 0 spiro atoms. The molecule has 0 unspecified atom stereocenters. The maximum atomic E-state index is 8.63. The zero-order valence-electron chi connectivity index (χ0n) is 86.4. The second kappa shape index (κ2) is 136. The van der Waals surface area contributed by atoms with Crippen molar-refractivity contribution in [2.24, 2.45) is 0 Å². The average molecular weight is 2030 g/mol. The first-order valence-electron chi connectivity index (χ1n) is 52.1. The second-order valence-corrected chi connectivity index (χ2v) is 30.5. The van der Waals surface area contributed by atoms with Gasteiger partial charge in [0.05, 0.1) is 529 Å². The van der Waals surface area contributed by atoms with Crippen molar-refractivity contribution in [1.82, 2.24) is 0 Å². The maximum absolute atomic E-state index is 8.63. The van der Waals surface area contributed by atoms with Crippen molar-refractivity contribution in [3.63, 3.8) is 0 Å². The van der Waals surface area contributed by atoms with E-state index in [1.807, 2.05) is 0 Å². The molecule has 0 heterocycles. The van der Waals surface area contributed by atoms with Crippen LogP contribution in [-0.2, 0) is 189 Å². The molecule has 139 heavy (non-hydrogen) atoms. The Balaban J connectivity index is 3.10. The summed E-state index contributed by atoms with van der Waals surface area (Å²) in [6, 6.07) is 0. The van der Waals surface area contributed by atoms with Crippen LogP contribution in [0.1, 0.15) is 110 Å². The van der Waals surface area contributed by atoms with Crippen molar-refractivity contribution >= 4 is 0 Å². The summed E-state index contributed by atoms with van der Waals surface area (Å²) in [7, 11) is 0. The molecule has 0 saturated carbocycles. The number of aliphatic hydroxyl groups excluding tert-OH is 1. The first kappa shape index (κ1) is 137. The van der Waals surface area contributed by atoms with Crippen LogP contribution < -0.4 is 0 Å². The molecule has 0 radical (unpaired) electrons. The van der Waals surface area contributed by atoms with Gasteiger partial charge in [-0.1, -0.05) is 103 Å². The first-order chi connectivity index (χ1) is 69.4. The zero-order chi connectivity index (χ0) is 98.9. The van der Waals surface area contributed by atoms with Gasteiger partial charge in [0.1, 0.15) is 0 Å². The van der Waals surface area contributed by atoms with E-state index in [0.29, 0.717) is 522 Å². The van der Waals surface area contributed by atoms with Gasteiger partial charge in [0.25, 0.3) is 0 Å². The topological polar surface area (TPSA) is 389 Å². The number of unbranched alkanes of at least 4 members (excludes halogenated alkanes) is 15. The Bertz CT molecular complexity index is 1760. The molecular formula is C98H198O41. The molecule has 0 aliphatic carbocycles. The SMILES string of the molecule is CCCCCCCCCCCCCCCCCCOCCOCCOCCOCCOCCOCCOCCOCCOCCOCCOCCOCCOCCOCCOCCOCCOCCOCCOCCOCCOCCOCCOCCOCCOCCOCCOCCOCCOCCOCCOCCOCCOCCOCCOCCOCCOCCOCCOCCOCCO. The van der Waals surface area contributed by atoms with E-state index in [0.717, 1.165) is 13.0 Å². The molecule has 0 aromatic rings. The molecule has 0 rings (SSSR count). The Morgan fingerprint density at radius 3 is 0.223 bits per heavy atom. The molecule has 0 bridgehead atoms. The van der Waals surface area contributed by atoms with Crippen LogP contribution in [0.4, 0.5) is 0 Å². The highest BCUT2D eigenvalue weighted by atomic mass is 16.6. The highest BCUT2D eigenvalue weighted by Crippen LogP contribution is 2.14. The van der Waals surface area contributed by atoms with E-state index >= 15 is 0 Å². The lowest BCUT2D eigenvalue weighted by Gasteiger charge is -2.09. The van der Waals surface area contributed by atoms with Crippen LogP contribution in [0, 0.1) is 0 Å². The monoisotopic (exact) mass is 2030 g/mol. The molecule has 0 fully saturated rings. The highest BCUT2D eigenvalue weighted by molar-refractivity contribution is 4.53. The first-order valence-corrected chi connectivity index (χ1v) is 52.1. The van der Waals surface area contributed by atoms with E-state index < -0.39 is 0 Å². The molecule has 0 saturated heterocycles. The van der Waals surface area contributed by atoms with Crippen molar-refractivity contribution in [2.45, 2.75) is 110 Å². The van der Waals surface area contributed by atoms with Crippen molar-refractivity contribution in [3.05, 3.63) is 0 Å². The summed E-state index contributed by atoms with van der Waals surface area (Å²) < 4.78 is 221. The van der Waals surface area contributed by atoms with Gasteiger partial charge in [-0.15, -0.1) is 0 Å². The molecule has 0 atom stereocenters.